The molecule has 2 amide bonds. The van der Waals surface area contributed by atoms with Crippen LogP contribution in [0, 0.1) is 0 Å². The maximum absolute atomic E-state index is 13.0. The number of rotatable bonds is 9. The van der Waals surface area contributed by atoms with Gasteiger partial charge in [-0.3, -0.25) is 4.79 Å². The Bertz CT molecular complexity index is 1130. The number of carbonyl (C=O) groups is 1. The van der Waals surface area contributed by atoms with Gasteiger partial charge in [-0.1, -0.05) is 17.7 Å². The number of aromatic nitrogens is 1. The van der Waals surface area contributed by atoms with Crippen molar-refractivity contribution in [2.75, 3.05) is 39.1 Å². The van der Waals surface area contributed by atoms with Gasteiger partial charge in [0, 0.05) is 33.7 Å². The molecule has 0 aliphatic rings. The minimum Gasteiger partial charge on any atom is -0.494 e. The number of carbonyl (C=O) groups excluding carboxylic acids is 1. The summed E-state index contributed by atoms with van der Waals surface area (Å²) in [7, 11) is 3.97. The Kier molecular flexibility index (Phi) is 8.14. The van der Waals surface area contributed by atoms with Crippen LogP contribution in [0.1, 0.15) is 18.9 Å². The Morgan fingerprint density at radius 3 is 2.66 bits per heavy atom. The molecule has 0 saturated carbocycles. The predicted octanol–water partition coefficient (Wildman–Crippen LogP) is 4.57. The molecular weight excluding hydrogens is 428 g/mol. The van der Waals surface area contributed by atoms with Crippen molar-refractivity contribution in [3.63, 3.8) is 0 Å². The topological polar surface area (TPSA) is 77.7 Å². The average molecular weight is 457 g/mol. The molecule has 0 saturated heterocycles. The molecule has 0 fully saturated rings. The van der Waals surface area contributed by atoms with Crippen LogP contribution in [0.3, 0.4) is 0 Å². The van der Waals surface area contributed by atoms with Gasteiger partial charge in [-0.2, -0.15) is 0 Å². The van der Waals surface area contributed by atoms with Crippen LogP contribution in [0.4, 0.5) is 10.5 Å². The maximum atomic E-state index is 13.0. The third kappa shape index (κ3) is 6.48. The summed E-state index contributed by atoms with van der Waals surface area (Å²) in [5, 5.41) is 4.28. The summed E-state index contributed by atoms with van der Waals surface area (Å²) in [6, 6.07) is 14.1. The molecule has 1 aromatic heterocycles. The van der Waals surface area contributed by atoms with Crippen molar-refractivity contribution in [3.8, 4) is 5.75 Å². The Morgan fingerprint density at radius 1 is 1.12 bits per heavy atom. The molecular formula is C24H29ClN4O3. The summed E-state index contributed by atoms with van der Waals surface area (Å²) in [6.45, 7) is 4.00. The van der Waals surface area contributed by atoms with Crippen LogP contribution in [0.25, 0.3) is 10.9 Å². The summed E-state index contributed by atoms with van der Waals surface area (Å²) < 4.78 is 5.57. The van der Waals surface area contributed by atoms with Crippen molar-refractivity contribution in [2.24, 2.45) is 0 Å². The number of urea groups is 1. The number of fused-ring (bicyclic) bond motifs is 1. The van der Waals surface area contributed by atoms with Gasteiger partial charge in [-0.25, -0.2) is 4.79 Å². The lowest BCUT2D eigenvalue weighted by atomic mass is 10.1. The molecule has 0 atom stereocenters. The van der Waals surface area contributed by atoms with Crippen LogP contribution in [0.2, 0.25) is 5.02 Å². The van der Waals surface area contributed by atoms with Gasteiger partial charge in [-0.15, -0.1) is 0 Å². The number of H-pyrrole nitrogens is 1. The average Bonchev–Trinajstić information content (AvgIpc) is 2.73. The highest BCUT2D eigenvalue weighted by Crippen LogP contribution is 2.20. The molecule has 1 heterocycles. The molecule has 8 heteroatoms. The fourth-order valence-corrected chi connectivity index (χ4v) is 3.60. The van der Waals surface area contributed by atoms with Crippen molar-refractivity contribution in [3.05, 3.63) is 69.5 Å². The number of anilines is 1. The largest absolute Gasteiger partial charge is 0.494 e. The lowest BCUT2D eigenvalue weighted by Gasteiger charge is -2.24. The molecule has 32 heavy (non-hydrogen) atoms. The van der Waals surface area contributed by atoms with Crippen LogP contribution in [0.5, 0.6) is 5.75 Å². The summed E-state index contributed by atoms with van der Waals surface area (Å²) in [6.07, 6.45) is 0.774. The van der Waals surface area contributed by atoms with Gasteiger partial charge >= 0.3 is 6.03 Å². The number of ether oxygens (including phenoxy) is 1. The van der Waals surface area contributed by atoms with E-state index in [2.05, 4.69) is 15.2 Å². The smallest absolute Gasteiger partial charge is 0.322 e. The van der Waals surface area contributed by atoms with Crippen molar-refractivity contribution in [2.45, 2.75) is 19.9 Å². The number of pyridine rings is 1. The van der Waals surface area contributed by atoms with Crippen molar-refractivity contribution < 1.29 is 9.53 Å². The summed E-state index contributed by atoms with van der Waals surface area (Å²) in [4.78, 5) is 32.4. The van der Waals surface area contributed by atoms with E-state index in [1.165, 1.54) is 0 Å². The number of aromatic amines is 1. The first-order chi connectivity index (χ1) is 15.4. The molecule has 0 bridgehead atoms. The number of hydrogen-bond acceptors (Lipinski definition) is 4. The van der Waals surface area contributed by atoms with Crippen molar-refractivity contribution in [1.82, 2.24) is 14.8 Å². The van der Waals surface area contributed by atoms with Crippen LogP contribution >= 0.6 is 11.6 Å². The normalized spacial score (nSPS) is 11.0. The Labute approximate surface area is 192 Å². The fraction of sp³-hybridized carbons (Fsp3) is 0.333. The highest BCUT2D eigenvalue weighted by Gasteiger charge is 2.17. The van der Waals surface area contributed by atoms with E-state index in [-0.39, 0.29) is 18.1 Å². The number of nitrogens with one attached hydrogen (secondary N) is 2. The lowest BCUT2D eigenvalue weighted by Crippen LogP contribution is -2.37. The molecule has 0 aliphatic carbocycles. The monoisotopic (exact) mass is 456 g/mol. The minimum absolute atomic E-state index is 0.184. The van der Waals surface area contributed by atoms with E-state index in [1.54, 1.807) is 29.2 Å². The Balaban J connectivity index is 1.85. The third-order valence-corrected chi connectivity index (χ3v) is 5.20. The summed E-state index contributed by atoms with van der Waals surface area (Å²) >= 11 is 6.04. The molecule has 0 aliphatic heterocycles. The molecule has 0 unspecified atom stereocenters. The lowest BCUT2D eigenvalue weighted by molar-refractivity contribution is 0.205. The van der Waals surface area contributed by atoms with Gasteiger partial charge < -0.3 is 24.8 Å². The van der Waals surface area contributed by atoms with Crippen LogP contribution < -0.4 is 15.6 Å². The molecule has 2 N–H and O–H groups in total. The predicted molar refractivity (Wildman–Crippen MR) is 130 cm³/mol. The zero-order valence-electron chi connectivity index (χ0n) is 18.7. The molecule has 0 spiro atoms. The minimum atomic E-state index is -0.284. The molecule has 3 rings (SSSR count). The number of amides is 2. The second-order valence-electron chi connectivity index (χ2n) is 7.82. The second-order valence-corrected chi connectivity index (χ2v) is 8.26. The summed E-state index contributed by atoms with van der Waals surface area (Å²) in [5.74, 6) is 0.736. The van der Waals surface area contributed by atoms with Gasteiger partial charge in [0.1, 0.15) is 5.75 Å². The number of nitrogens with zero attached hydrogens (tertiary/aromatic N) is 2. The first kappa shape index (κ1) is 23.6. The van der Waals surface area contributed by atoms with Gasteiger partial charge in [-0.05, 0) is 76.4 Å². The van der Waals surface area contributed by atoms with Crippen LogP contribution in [-0.4, -0.2) is 54.6 Å². The number of hydrogen-bond donors (Lipinski definition) is 2. The second kappa shape index (κ2) is 11.0. The third-order valence-electron chi connectivity index (χ3n) is 4.96. The highest BCUT2D eigenvalue weighted by atomic mass is 35.5. The van der Waals surface area contributed by atoms with E-state index in [0.717, 1.165) is 29.6 Å². The van der Waals surface area contributed by atoms with Gasteiger partial charge in [0.25, 0.3) is 5.56 Å². The van der Waals surface area contributed by atoms with Gasteiger partial charge in [0.15, 0.2) is 0 Å². The van der Waals surface area contributed by atoms with Gasteiger partial charge in [0.2, 0.25) is 0 Å². The van der Waals surface area contributed by atoms with E-state index >= 15 is 0 Å². The molecule has 170 valence electrons. The van der Waals surface area contributed by atoms with E-state index in [0.29, 0.717) is 29.4 Å². The SMILES string of the molecule is CCOc1ccc2[nH]c(=O)c(CN(CCCN(C)C)C(=O)Nc3cccc(Cl)c3)cc2c1. The van der Waals surface area contributed by atoms with E-state index in [9.17, 15) is 9.59 Å². The summed E-state index contributed by atoms with van der Waals surface area (Å²) in [5.41, 5.74) is 1.63. The van der Waals surface area contributed by atoms with Crippen molar-refractivity contribution >= 4 is 34.2 Å². The first-order valence-corrected chi connectivity index (χ1v) is 11.0. The van der Waals surface area contributed by atoms with Gasteiger partial charge in [0.05, 0.1) is 13.2 Å². The van der Waals surface area contributed by atoms with Crippen LogP contribution in [-0.2, 0) is 6.54 Å². The Hall–Kier alpha value is -3.03. The highest BCUT2D eigenvalue weighted by molar-refractivity contribution is 6.30. The first-order valence-electron chi connectivity index (χ1n) is 10.6. The maximum Gasteiger partial charge on any atom is 0.322 e. The van der Waals surface area contributed by atoms with E-state index < -0.39 is 0 Å². The molecule has 3 aromatic rings. The number of halogens is 1. The van der Waals surface area contributed by atoms with Crippen LogP contribution in [0.15, 0.2) is 53.3 Å². The molecule has 2 aromatic carbocycles. The number of benzene rings is 2. The zero-order valence-corrected chi connectivity index (χ0v) is 19.4. The Morgan fingerprint density at radius 2 is 1.94 bits per heavy atom. The fourth-order valence-electron chi connectivity index (χ4n) is 3.41. The quantitative estimate of drug-likeness (QED) is 0.494. The molecule has 0 radical (unpaired) electrons. The zero-order chi connectivity index (χ0) is 23.1. The standard InChI is InChI=1S/C24H29ClN4O3/c1-4-32-21-9-10-22-17(14-21)13-18(23(30)27-22)16-29(12-6-11-28(2)3)24(31)26-20-8-5-7-19(25)15-20/h5,7-10,13-15H,4,6,11-12,16H2,1-3H3,(H,26,31)(H,27,30). The van der Waals surface area contributed by atoms with E-state index in [1.807, 2.05) is 45.3 Å². The molecule has 7 nitrogen and oxygen atoms in total. The van der Waals surface area contributed by atoms with Crippen molar-refractivity contribution in [1.29, 1.82) is 0 Å². The van der Waals surface area contributed by atoms with E-state index in [4.69, 9.17) is 16.3 Å².